The van der Waals surface area contributed by atoms with E-state index in [9.17, 15) is 4.79 Å². The zero-order valence-corrected chi connectivity index (χ0v) is 8.89. The van der Waals surface area contributed by atoms with E-state index in [2.05, 4.69) is 4.98 Å². The van der Waals surface area contributed by atoms with Crippen LogP contribution in [0.4, 0.5) is 5.69 Å². The van der Waals surface area contributed by atoms with Gasteiger partial charge in [0, 0.05) is 24.9 Å². The molecule has 2 N–H and O–H groups in total. The van der Waals surface area contributed by atoms with Gasteiger partial charge in [-0.05, 0) is 12.5 Å². The number of carbonyl (C=O) groups excluding carboxylic acids is 1. The average Bonchev–Trinajstić information content (AvgIpc) is 2.78. The number of nitrogens with two attached hydrogens (primary N) is 1. The minimum atomic E-state index is -0.383. The molecule has 2 rings (SSSR count). The van der Waals surface area contributed by atoms with Gasteiger partial charge in [-0.1, -0.05) is 0 Å². The zero-order chi connectivity index (χ0) is 11.4. The van der Waals surface area contributed by atoms with Crippen molar-refractivity contribution >= 4 is 11.7 Å². The lowest BCUT2D eigenvalue weighted by Gasteiger charge is -2.08. The maximum Gasteiger partial charge on any atom is 0.339 e. The van der Waals surface area contributed by atoms with E-state index in [1.807, 2.05) is 0 Å². The van der Waals surface area contributed by atoms with Crippen LogP contribution < -0.4 is 5.73 Å². The van der Waals surface area contributed by atoms with E-state index in [0.29, 0.717) is 30.4 Å². The van der Waals surface area contributed by atoms with Gasteiger partial charge in [0.15, 0.2) is 0 Å². The topological polar surface area (TPSA) is 74.4 Å². The van der Waals surface area contributed by atoms with Crippen LogP contribution in [0.25, 0.3) is 0 Å². The highest BCUT2D eigenvalue weighted by molar-refractivity contribution is 5.89. The first-order valence-corrected chi connectivity index (χ1v) is 5.21. The van der Waals surface area contributed by atoms with Gasteiger partial charge in [-0.3, -0.25) is 4.98 Å². The van der Waals surface area contributed by atoms with Crippen molar-refractivity contribution in [2.45, 2.75) is 6.42 Å². The van der Waals surface area contributed by atoms with Crippen molar-refractivity contribution in [1.29, 1.82) is 0 Å². The molecule has 0 aliphatic carbocycles. The van der Waals surface area contributed by atoms with Gasteiger partial charge in [-0.25, -0.2) is 4.79 Å². The van der Waals surface area contributed by atoms with Crippen LogP contribution >= 0.6 is 0 Å². The number of nitrogen functional groups attached to an aromatic ring is 1. The summed E-state index contributed by atoms with van der Waals surface area (Å²) in [5.74, 6) is -0.0651. The molecule has 1 atom stereocenters. The lowest BCUT2D eigenvalue weighted by Crippen LogP contribution is -2.14. The molecule has 1 aromatic heterocycles. The molecule has 0 spiro atoms. The number of pyridine rings is 1. The van der Waals surface area contributed by atoms with Crippen LogP contribution in [0.15, 0.2) is 18.5 Å². The smallest absolute Gasteiger partial charge is 0.339 e. The van der Waals surface area contributed by atoms with Gasteiger partial charge in [0.2, 0.25) is 0 Å². The van der Waals surface area contributed by atoms with Crippen molar-refractivity contribution in [2.24, 2.45) is 5.92 Å². The van der Waals surface area contributed by atoms with Gasteiger partial charge >= 0.3 is 5.97 Å². The SMILES string of the molecule is Nc1cncc(C(=O)OCC2CCOC2)c1. The summed E-state index contributed by atoms with van der Waals surface area (Å²) >= 11 is 0. The molecule has 0 radical (unpaired) electrons. The summed E-state index contributed by atoms with van der Waals surface area (Å²) in [5, 5.41) is 0. The van der Waals surface area contributed by atoms with Crippen molar-refractivity contribution in [3.8, 4) is 0 Å². The Hall–Kier alpha value is -1.62. The van der Waals surface area contributed by atoms with Gasteiger partial charge in [-0.15, -0.1) is 0 Å². The molecule has 86 valence electrons. The highest BCUT2D eigenvalue weighted by Gasteiger charge is 2.18. The van der Waals surface area contributed by atoms with E-state index < -0.39 is 0 Å². The standard InChI is InChI=1S/C11H14N2O3/c12-10-3-9(4-13-5-10)11(14)16-7-8-1-2-15-6-8/h3-5,8H,1-2,6-7,12H2. The van der Waals surface area contributed by atoms with Crippen molar-refractivity contribution in [3.05, 3.63) is 24.0 Å². The van der Waals surface area contributed by atoms with Crippen LogP contribution in [-0.2, 0) is 9.47 Å². The normalized spacial score (nSPS) is 19.6. The molecule has 1 aliphatic heterocycles. The Morgan fingerprint density at radius 2 is 2.50 bits per heavy atom. The van der Waals surface area contributed by atoms with Crippen LogP contribution in [0, 0.1) is 5.92 Å². The third-order valence-electron chi connectivity index (χ3n) is 2.47. The summed E-state index contributed by atoms with van der Waals surface area (Å²) in [6.45, 7) is 1.82. The fraction of sp³-hybridized carbons (Fsp3) is 0.455. The number of hydrogen-bond donors (Lipinski definition) is 1. The highest BCUT2D eigenvalue weighted by Crippen LogP contribution is 2.13. The Labute approximate surface area is 93.6 Å². The van der Waals surface area contributed by atoms with Crippen molar-refractivity contribution in [3.63, 3.8) is 0 Å². The fourth-order valence-corrected chi connectivity index (χ4v) is 1.56. The number of aromatic nitrogens is 1. The van der Waals surface area contributed by atoms with Crippen LogP contribution in [-0.4, -0.2) is 30.8 Å². The summed E-state index contributed by atoms with van der Waals surface area (Å²) in [6.07, 6.45) is 3.88. The Bertz CT molecular complexity index is 375. The maximum atomic E-state index is 11.6. The molecular weight excluding hydrogens is 208 g/mol. The molecule has 0 bridgehead atoms. The van der Waals surface area contributed by atoms with E-state index in [1.54, 1.807) is 6.07 Å². The third-order valence-corrected chi connectivity index (χ3v) is 2.47. The summed E-state index contributed by atoms with van der Waals surface area (Å²) in [4.78, 5) is 15.4. The largest absolute Gasteiger partial charge is 0.462 e. The predicted octanol–water partition coefficient (Wildman–Crippen LogP) is 0.857. The Balaban J connectivity index is 1.87. The first-order valence-electron chi connectivity index (χ1n) is 5.21. The second kappa shape index (κ2) is 4.94. The Kier molecular flexibility index (Phi) is 3.36. The van der Waals surface area contributed by atoms with Crippen LogP contribution in [0.3, 0.4) is 0 Å². The molecular formula is C11H14N2O3. The summed E-state index contributed by atoms with van der Waals surface area (Å²) < 4.78 is 10.3. The molecule has 16 heavy (non-hydrogen) atoms. The number of nitrogens with zero attached hydrogens (tertiary/aromatic N) is 1. The van der Waals surface area contributed by atoms with E-state index in [1.165, 1.54) is 12.4 Å². The molecule has 5 nitrogen and oxygen atoms in total. The molecule has 1 aliphatic rings. The number of hydrogen-bond acceptors (Lipinski definition) is 5. The summed E-state index contributed by atoms with van der Waals surface area (Å²) in [7, 11) is 0. The minimum Gasteiger partial charge on any atom is -0.462 e. The summed E-state index contributed by atoms with van der Waals surface area (Å²) in [5.41, 5.74) is 6.37. The van der Waals surface area contributed by atoms with Crippen LogP contribution in [0.2, 0.25) is 0 Å². The van der Waals surface area contributed by atoms with E-state index >= 15 is 0 Å². The number of ether oxygens (including phenoxy) is 2. The first-order chi connectivity index (χ1) is 7.75. The second-order valence-corrected chi connectivity index (χ2v) is 3.84. The molecule has 1 aromatic rings. The second-order valence-electron chi connectivity index (χ2n) is 3.84. The van der Waals surface area contributed by atoms with E-state index in [4.69, 9.17) is 15.2 Å². The van der Waals surface area contributed by atoms with Gasteiger partial charge in [0.25, 0.3) is 0 Å². The van der Waals surface area contributed by atoms with E-state index in [0.717, 1.165) is 13.0 Å². The van der Waals surface area contributed by atoms with Gasteiger partial charge in [0.05, 0.1) is 24.5 Å². The Morgan fingerprint density at radius 1 is 1.62 bits per heavy atom. The van der Waals surface area contributed by atoms with Crippen LogP contribution in [0.5, 0.6) is 0 Å². The number of esters is 1. The van der Waals surface area contributed by atoms with Crippen molar-refractivity contribution in [2.75, 3.05) is 25.6 Å². The maximum absolute atomic E-state index is 11.6. The molecule has 1 saturated heterocycles. The molecule has 5 heteroatoms. The number of carbonyl (C=O) groups is 1. The van der Waals surface area contributed by atoms with Crippen LogP contribution in [0.1, 0.15) is 16.8 Å². The Morgan fingerprint density at radius 3 is 3.19 bits per heavy atom. The van der Waals surface area contributed by atoms with Gasteiger partial charge < -0.3 is 15.2 Å². The number of anilines is 1. The predicted molar refractivity (Wildman–Crippen MR) is 57.9 cm³/mol. The van der Waals surface area contributed by atoms with Gasteiger partial charge in [0.1, 0.15) is 0 Å². The molecule has 0 aromatic carbocycles. The fourth-order valence-electron chi connectivity index (χ4n) is 1.56. The third kappa shape index (κ3) is 2.70. The molecule has 1 fully saturated rings. The minimum absolute atomic E-state index is 0.318. The zero-order valence-electron chi connectivity index (χ0n) is 8.89. The molecule has 0 amide bonds. The molecule has 1 unspecified atom stereocenters. The van der Waals surface area contributed by atoms with Crippen molar-refractivity contribution in [1.82, 2.24) is 4.98 Å². The quantitative estimate of drug-likeness (QED) is 0.767. The number of rotatable bonds is 3. The molecule has 0 saturated carbocycles. The lowest BCUT2D eigenvalue weighted by molar-refractivity contribution is 0.0428. The highest BCUT2D eigenvalue weighted by atomic mass is 16.5. The lowest BCUT2D eigenvalue weighted by atomic mass is 10.1. The van der Waals surface area contributed by atoms with E-state index in [-0.39, 0.29) is 5.97 Å². The first kappa shape index (κ1) is 10.9. The molecule has 2 heterocycles. The summed E-state index contributed by atoms with van der Waals surface area (Å²) in [6, 6.07) is 1.56. The monoisotopic (exact) mass is 222 g/mol. The average molecular weight is 222 g/mol. The van der Waals surface area contributed by atoms with Gasteiger partial charge in [-0.2, -0.15) is 0 Å². The van der Waals surface area contributed by atoms with Crippen molar-refractivity contribution < 1.29 is 14.3 Å².